The van der Waals surface area contributed by atoms with Gasteiger partial charge in [0.25, 0.3) is 0 Å². The molecule has 0 atom stereocenters. The Morgan fingerprint density at radius 2 is 1.82 bits per heavy atom. The molecule has 5 nitrogen and oxygen atoms in total. The number of hydrogen-bond acceptors (Lipinski definition) is 3. The normalized spacial score (nSPS) is 11.6. The van der Waals surface area contributed by atoms with E-state index in [-0.39, 0.29) is 11.3 Å². The summed E-state index contributed by atoms with van der Waals surface area (Å²) in [7, 11) is 1.39. The third-order valence-corrected chi connectivity index (χ3v) is 5.01. The topological polar surface area (TPSA) is 89.6 Å². The molecule has 0 fully saturated rings. The Morgan fingerprint density at radius 1 is 1.04 bits per heavy atom. The molecule has 0 saturated carbocycles. The van der Waals surface area contributed by atoms with Crippen LogP contribution in [0.25, 0.3) is 22.3 Å². The quantitative estimate of drug-likeness (QED) is 0.565. The van der Waals surface area contributed by atoms with Gasteiger partial charge in [-0.05, 0) is 76.2 Å². The number of rotatable bonds is 4. The SMILES string of the molecule is COc1ccc(-c2cc(C(N)=O)c3c(c2)-c2ccc(C(=O)O)cc2C3)cc1F. The molecule has 4 rings (SSSR count). The molecule has 0 radical (unpaired) electrons. The van der Waals surface area contributed by atoms with Crippen LogP contribution in [0.2, 0.25) is 0 Å². The van der Waals surface area contributed by atoms with Crippen molar-refractivity contribution in [3.05, 3.63) is 76.6 Å². The molecule has 1 amide bonds. The second-order valence-corrected chi connectivity index (χ2v) is 6.62. The summed E-state index contributed by atoms with van der Waals surface area (Å²) >= 11 is 0. The van der Waals surface area contributed by atoms with Crippen molar-refractivity contribution in [2.45, 2.75) is 6.42 Å². The molecule has 0 heterocycles. The molecule has 140 valence electrons. The molecular formula is C22H16FNO4. The van der Waals surface area contributed by atoms with Gasteiger partial charge >= 0.3 is 5.97 Å². The average Bonchev–Trinajstić information content (AvgIpc) is 3.04. The zero-order valence-corrected chi connectivity index (χ0v) is 15.0. The maximum Gasteiger partial charge on any atom is 0.335 e. The van der Waals surface area contributed by atoms with E-state index < -0.39 is 17.7 Å². The van der Waals surface area contributed by atoms with E-state index in [9.17, 15) is 19.1 Å². The lowest BCUT2D eigenvalue weighted by molar-refractivity contribution is 0.0696. The number of carbonyl (C=O) groups is 2. The zero-order valence-electron chi connectivity index (χ0n) is 15.0. The van der Waals surface area contributed by atoms with Crippen LogP contribution < -0.4 is 10.5 Å². The van der Waals surface area contributed by atoms with Crippen molar-refractivity contribution in [2.75, 3.05) is 7.11 Å². The van der Waals surface area contributed by atoms with Gasteiger partial charge in [-0.2, -0.15) is 0 Å². The number of primary amides is 1. The summed E-state index contributed by atoms with van der Waals surface area (Å²) in [6, 6.07) is 13.0. The van der Waals surface area contributed by atoms with Crippen LogP contribution in [0.15, 0.2) is 48.5 Å². The minimum Gasteiger partial charge on any atom is -0.494 e. The van der Waals surface area contributed by atoms with Gasteiger partial charge in [-0.25, -0.2) is 9.18 Å². The van der Waals surface area contributed by atoms with Crippen molar-refractivity contribution >= 4 is 11.9 Å². The molecule has 0 spiro atoms. The van der Waals surface area contributed by atoms with E-state index in [4.69, 9.17) is 10.5 Å². The first-order chi connectivity index (χ1) is 13.4. The van der Waals surface area contributed by atoms with Gasteiger partial charge in [0.1, 0.15) is 0 Å². The number of ether oxygens (including phenoxy) is 1. The monoisotopic (exact) mass is 377 g/mol. The van der Waals surface area contributed by atoms with Crippen LogP contribution in [0.3, 0.4) is 0 Å². The maximum absolute atomic E-state index is 14.2. The zero-order chi connectivity index (χ0) is 20.0. The Morgan fingerprint density at radius 3 is 2.46 bits per heavy atom. The van der Waals surface area contributed by atoms with Gasteiger partial charge in [0.15, 0.2) is 11.6 Å². The molecule has 3 aromatic carbocycles. The summed E-state index contributed by atoms with van der Waals surface area (Å²) in [5, 5.41) is 9.22. The molecule has 6 heteroatoms. The molecule has 0 saturated heterocycles. The van der Waals surface area contributed by atoms with E-state index in [1.54, 1.807) is 24.3 Å². The highest BCUT2D eigenvalue weighted by Crippen LogP contribution is 2.41. The van der Waals surface area contributed by atoms with E-state index in [0.717, 1.165) is 22.3 Å². The second kappa shape index (κ2) is 6.49. The van der Waals surface area contributed by atoms with E-state index >= 15 is 0 Å². The number of fused-ring (bicyclic) bond motifs is 3. The Balaban J connectivity index is 1.90. The van der Waals surface area contributed by atoms with E-state index in [2.05, 4.69) is 0 Å². The lowest BCUT2D eigenvalue weighted by Gasteiger charge is -2.11. The minimum atomic E-state index is -1.01. The number of aromatic carboxylic acids is 1. The molecule has 3 N–H and O–H groups in total. The minimum absolute atomic E-state index is 0.131. The number of amides is 1. The number of hydrogen-bond donors (Lipinski definition) is 2. The number of halogens is 1. The summed E-state index contributed by atoms with van der Waals surface area (Å²) in [4.78, 5) is 23.3. The van der Waals surface area contributed by atoms with Gasteiger partial charge < -0.3 is 15.6 Å². The first-order valence-electron chi connectivity index (χ1n) is 8.56. The van der Waals surface area contributed by atoms with Gasteiger partial charge in [0.2, 0.25) is 5.91 Å². The third-order valence-electron chi connectivity index (χ3n) is 5.01. The highest BCUT2D eigenvalue weighted by atomic mass is 19.1. The summed E-state index contributed by atoms with van der Waals surface area (Å²) < 4.78 is 19.1. The molecule has 0 unspecified atom stereocenters. The highest BCUT2D eigenvalue weighted by Gasteiger charge is 2.25. The fourth-order valence-corrected chi connectivity index (χ4v) is 3.66. The third kappa shape index (κ3) is 2.79. The molecule has 0 aliphatic heterocycles. The molecule has 1 aliphatic rings. The Kier molecular flexibility index (Phi) is 4.11. The predicted octanol–water partition coefficient (Wildman–Crippen LogP) is 3.87. The fraction of sp³-hybridized carbons (Fsp3) is 0.0909. The van der Waals surface area contributed by atoms with Crippen molar-refractivity contribution < 1.29 is 23.8 Å². The van der Waals surface area contributed by atoms with Crippen LogP contribution in [-0.2, 0) is 6.42 Å². The summed E-state index contributed by atoms with van der Waals surface area (Å²) in [5.74, 6) is -1.97. The Labute approximate surface area is 160 Å². The summed E-state index contributed by atoms with van der Waals surface area (Å²) in [6.07, 6.45) is 0.418. The molecule has 3 aromatic rings. The number of nitrogens with two attached hydrogens (primary N) is 1. The lowest BCUT2D eigenvalue weighted by atomic mass is 9.94. The molecule has 1 aliphatic carbocycles. The molecular weight excluding hydrogens is 361 g/mol. The van der Waals surface area contributed by atoms with E-state index in [1.165, 1.54) is 25.3 Å². The standard InChI is InChI=1S/C22H16FNO4/c1-28-20-5-3-11(10-19(20)23)13-7-16-15-4-2-12(22(26)27)6-14(15)9-17(16)18(8-13)21(24)25/h2-8,10H,9H2,1H3,(H2,24,25)(H,26,27). The number of carbonyl (C=O) groups excluding carboxylic acids is 1. The average molecular weight is 377 g/mol. The summed E-state index contributed by atoms with van der Waals surface area (Å²) in [6.45, 7) is 0. The Bertz CT molecular complexity index is 1150. The smallest absolute Gasteiger partial charge is 0.335 e. The first-order valence-corrected chi connectivity index (χ1v) is 8.56. The van der Waals surface area contributed by atoms with E-state index in [0.29, 0.717) is 23.1 Å². The van der Waals surface area contributed by atoms with Gasteiger partial charge in [-0.3, -0.25) is 4.79 Å². The van der Waals surface area contributed by atoms with Crippen molar-refractivity contribution in [3.63, 3.8) is 0 Å². The van der Waals surface area contributed by atoms with Crippen molar-refractivity contribution in [1.82, 2.24) is 0 Å². The number of methoxy groups -OCH3 is 1. The maximum atomic E-state index is 14.2. The van der Waals surface area contributed by atoms with Gasteiger partial charge in [0, 0.05) is 5.56 Å². The van der Waals surface area contributed by atoms with Crippen molar-refractivity contribution in [2.24, 2.45) is 5.73 Å². The van der Waals surface area contributed by atoms with Gasteiger partial charge in [-0.15, -0.1) is 0 Å². The van der Waals surface area contributed by atoms with Gasteiger partial charge in [-0.1, -0.05) is 12.1 Å². The van der Waals surface area contributed by atoms with Crippen LogP contribution in [-0.4, -0.2) is 24.1 Å². The predicted molar refractivity (Wildman–Crippen MR) is 102 cm³/mol. The van der Waals surface area contributed by atoms with Crippen LogP contribution in [0, 0.1) is 5.82 Å². The van der Waals surface area contributed by atoms with Crippen molar-refractivity contribution in [3.8, 4) is 28.0 Å². The molecule has 0 bridgehead atoms. The van der Waals surface area contributed by atoms with Crippen LogP contribution >= 0.6 is 0 Å². The Hall–Kier alpha value is -3.67. The van der Waals surface area contributed by atoms with E-state index in [1.807, 2.05) is 6.07 Å². The molecule has 0 aromatic heterocycles. The van der Waals surface area contributed by atoms with Crippen molar-refractivity contribution in [1.29, 1.82) is 0 Å². The number of carboxylic acids is 1. The summed E-state index contributed by atoms with van der Waals surface area (Å²) in [5.41, 5.74) is 10.6. The van der Waals surface area contributed by atoms with Crippen LogP contribution in [0.1, 0.15) is 31.8 Å². The largest absolute Gasteiger partial charge is 0.494 e. The van der Waals surface area contributed by atoms with Crippen LogP contribution in [0.5, 0.6) is 5.75 Å². The lowest BCUT2D eigenvalue weighted by Crippen LogP contribution is -2.13. The number of carboxylic acid groups (broad SMARTS) is 1. The molecule has 28 heavy (non-hydrogen) atoms. The fourth-order valence-electron chi connectivity index (χ4n) is 3.66. The van der Waals surface area contributed by atoms with Crippen LogP contribution in [0.4, 0.5) is 4.39 Å². The number of benzene rings is 3. The highest BCUT2D eigenvalue weighted by molar-refractivity contribution is 6.00. The van der Waals surface area contributed by atoms with Gasteiger partial charge in [0.05, 0.1) is 12.7 Å². The second-order valence-electron chi connectivity index (χ2n) is 6.62. The first kappa shape index (κ1) is 17.7.